The quantitative estimate of drug-likeness (QED) is 0.776. The van der Waals surface area contributed by atoms with Crippen LogP contribution in [-0.2, 0) is 4.79 Å². The van der Waals surface area contributed by atoms with E-state index in [2.05, 4.69) is 31.0 Å². The van der Waals surface area contributed by atoms with Crippen LogP contribution in [0.25, 0.3) is 0 Å². The third kappa shape index (κ3) is 4.25. The first-order valence-corrected chi connectivity index (χ1v) is 7.10. The number of hydrogen-bond donors (Lipinski definition) is 2. The van der Waals surface area contributed by atoms with Crippen LogP contribution in [0, 0.1) is 11.3 Å². The minimum absolute atomic E-state index is 0.0222. The summed E-state index contributed by atoms with van der Waals surface area (Å²) in [5.41, 5.74) is 6.07. The molecule has 1 atom stereocenters. The molecule has 0 aromatic carbocycles. The first-order valence-electron chi connectivity index (χ1n) is 7.10. The van der Waals surface area contributed by atoms with E-state index in [-0.39, 0.29) is 17.4 Å². The fraction of sp³-hybridized carbons (Fsp3) is 0.929. The van der Waals surface area contributed by atoms with E-state index < -0.39 is 0 Å². The van der Waals surface area contributed by atoms with Crippen LogP contribution < -0.4 is 11.1 Å². The monoisotopic (exact) mass is 255 g/mol. The second-order valence-electron chi connectivity index (χ2n) is 6.37. The van der Waals surface area contributed by atoms with Crippen LogP contribution in [0.1, 0.15) is 40.5 Å². The first-order chi connectivity index (χ1) is 8.38. The lowest BCUT2D eigenvalue weighted by molar-refractivity contribution is -0.126. The molecule has 1 aliphatic rings. The highest BCUT2D eigenvalue weighted by Gasteiger charge is 2.32. The van der Waals surface area contributed by atoms with Gasteiger partial charge in [0.2, 0.25) is 5.91 Å². The number of hydrogen-bond acceptors (Lipinski definition) is 3. The summed E-state index contributed by atoms with van der Waals surface area (Å²) in [6.07, 6.45) is 2.18. The van der Waals surface area contributed by atoms with E-state index in [1.807, 2.05) is 6.92 Å². The van der Waals surface area contributed by atoms with Gasteiger partial charge in [-0.3, -0.25) is 9.69 Å². The third-order valence-electron chi connectivity index (χ3n) is 4.11. The summed E-state index contributed by atoms with van der Waals surface area (Å²) in [5, 5.41) is 3.01. The molecule has 1 saturated heterocycles. The summed E-state index contributed by atoms with van der Waals surface area (Å²) in [6, 6.07) is -0.0222. The second kappa shape index (κ2) is 6.53. The standard InChI is InChI=1S/C14H29N3O/c1-11(2)9-16-13(18)12(3)17-7-5-14(4,10-15)6-8-17/h11-12H,5-10,15H2,1-4H3,(H,16,18). The Morgan fingerprint density at radius 2 is 1.89 bits per heavy atom. The van der Waals surface area contributed by atoms with Gasteiger partial charge < -0.3 is 11.1 Å². The maximum atomic E-state index is 12.0. The number of likely N-dealkylation sites (tertiary alicyclic amines) is 1. The van der Waals surface area contributed by atoms with Gasteiger partial charge in [0.15, 0.2) is 0 Å². The van der Waals surface area contributed by atoms with Gasteiger partial charge in [0.1, 0.15) is 0 Å². The third-order valence-corrected chi connectivity index (χ3v) is 4.11. The topological polar surface area (TPSA) is 58.4 Å². The van der Waals surface area contributed by atoms with Crippen molar-refractivity contribution in [2.24, 2.45) is 17.1 Å². The Bertz CT molecular complexity index is 270. The molecule has 3 N–H and O–H groups in total. The molecule has 1 rings (SSSR count). The molecule has 0 saturated carbocycles. The van der Waals surface area contributed by atoms with Crippen molar-refractivity contribution in [2.75, 3.05) is 26.2 Å². The van der Waals surface area contributed by atoms with Crippen molar-refractivity contribution in [3.05, 3.63) is 0 Å². The number of carbonyl (C=O) groups excluding carboxylic acids is 1. The Kier molecular flexibility index (Phi) is 5.60. The van der Waals surface area contributed by atoms with E-state index in [1.165, 1.54) is 0 Å². The van der Waals surface area contributed by atoms with Crippen LogP contribution in [0.2, 0.25) is 0 Å². The van der Waals surface area contributed by atoms with Crippen molar-refractivity contribution in [3.8, 4) is 0 Å². The average Bonchev–Trinajstić information content (AvgIpc) is 2.36. The SMILES string of the molecule is CC(C)CNC(=O)C(C)N1CCC(C)(CN)CC1. The van der Waals surface area contributed by atoms with Crippen molar-refractivity contribution in [2.45, 2.75) is 46.6 Å². The number of carbonyl (C=O) groups is 1. The highest BCUT2D eigenvalue weighted by Crippen LogP contribution is 2.30. The molecule has 18 heavy (non-hydrogen) atoms. The van der Waals surface area contributed by atoms with E-state index in [4.69, 9.17) is 5.73 Å². The second-order valence-corrected chi connectivity index (χ2v) is 6.37. The molecule has 0 aromatic rings. The van der Waals surface area contributed by atoms with Crippen molar-refractivity contribution >= 4 is 5.91 Å². The van der Waals surface area contributed by atoms with E-state index in [9.17, 15) is 4.79 Å². The molecule has 1 fully saturated rings. The summed E-state index contributed by atoms with van der Waals surface area (Å²) in [7, 11) is 0. The van der Waals surface area contributed by atoms with Crippen LogP contribution in [0.5, 0.6) is 0 Å². The Morgan fingerprint density at radius 3 is 2.33 bits per heavy atom. The molecule has 0 radical (unpaired) electrons. The fourth-order valence-electron chi connectivity index (χ4n) is 2.27. The molecule has 1 amide bonds. The van der Waals surface area contributed by atoms with Crippen molar-refractivity contribution in [1.82, 2.24) is 10.2 Å². The predicted molar refractivity (Wildman–Crippen MR) is 75.3 cm³/mol. The highest BCUT2D eigenvalue weighted by atomic mass is 16.2. The maximum absolute atomic E-state index is 12.0. The Labute approximate surface area is 111 Å². The summed E-state index contributed by atoms with van der Waals surface area (Å²) in [4.78, 5) is 14.3. The summed E-state index contributed by atoms with van der Waals surface area (Å²) in [6.45, 7) is 11.9. The van der Waals surface area contributed by atoms with Crippen molar-refractivity contribution < 1.29 is 4.79 Å². The largest absolute Gasteiger partial charge is 0.354 e. The number of piperidine rings is 1. The number of rotatable bonds is 5. The molecule has 0 aliphatic carbocycles. The summed E-state index contributed by atoms with van der Waals surface area (Å²) >= 11 is 0. The van der Waals surface area contributed by atoms with Gasteiger partial charge in [-0.15, -0.1) is 0 Å². The molecular weight excluding hydrogens is 226 g/mol. The molecule has 1 unspecified atom stereocenters. The van der Waals surface area contributed by atoms with Gasteiger partial charge >= 0.3 is 0 Å². The van der Waals surface area contributed by atoms with E-state index in [1.54, 1.807) is 0 Å². The smallest absolute Gasteiger partial charge is 0.237 e. The zero-order valence-corrected chi connectivity index (χ0v) is 12.3. The van der Waals surface area contributed by atoms with E-state index in [0.717, 1.165) is 39.0 Å². The zero-order valence-electron chi connectivity index (χ0n) is 12.3. The Hall–Kier alpha value is -0.610. The molecular formula is C14H29N3O. The van der Waals surface area contributed by atoms with Gasteiger partial charge in [-0.1, -0.05) is 20.8 Å². The number of nitrogens with zero attached hydrogens (tertiary/aromatic N) is 1. The maximum Gasteiger partial charge on any atom is 0.237 e. The van der Waals surface area contributed by atoms with Crippen molar-refractivity contribution in [1.29, 1.82) is 0 Å². The van der Waals surface area contributed by atoms with Crippen molar-refractivity contribution in [3.63, 3.8) is 0 Å². The van der Waals surface area contributed by atoms with E-state index in [0.29, 0.717) is 5.92 Å². The van der Waals surface area contributed by atoms with Gasteiger partial charge in [-0.25, -0.2) is 0 Å². The lowest BCUT2D eigenvalue weighted by Crippen LogP contribution is -2.51. The lowest BCUT2D eigenvalue weighted by atomic mass is 9.80. The normalized spacial score (nSPS) is 21.9. The van der Waals surface area contributed by atoms with Crippen LogP contribution in [-0.4, -0.2) is 43.0 Å². The molecule has 0 aromatic heterocycles. The van der Waals surface area contributed by atoms with Gasteiger partial charge in [-0.2, -0.15) is 0 Å². The molecule has 4 nitrogen and oxygen atoms in total. The lowest BCUT2D eigenvalue weighted by Gasteiger charge is -2.40. The highest BCUT2D eigenvalue weighted by molar-refractivity contribution is 5.81. The summed E-state index contributed by atoms with van der Waals surface area (Å²) < 4.78 is 0. The fourth-order valence-corrected chi connectivity index (χ4v) is 2.27. The minimum atomic E-state index is -0.0222. The van der Waals surface area contributed by atoms with Crippen LogP contribution in [0.15, 0.2) is 0 Å². The molecule has 4 heteroatoms. The molecule has 0 spiro atoms. The average molecular weight is 255 g/mol. The van der Waals surface area contributed by atoms with Crippen LogP contribution >= 0.6 is 0 Å². The van der Waals surface area contributed by atoms with Gasteiger partial charge in [0, 0.05) is 6.54 Å². The summed E-state index contributed by atoms with van der Waals surface area (Å²) in [5.74, 6) is 0.656. The van der Waals surface area contributed by atoms with Crippen LogP contribution in [0.4, 0.5) is 0 Å². The van der Waals surface area contributed by atoms with Crippen LogP contribution in [0.3, 0.4) is 0 Å². The van der Waals surface area contributed by atoms with Gasteiger partial charge in [-0.05, 0) is 50.7 Å². The first kappa shape index (κ1) is 15.4. The molecule has 106 valence electrons. The number of nitrogens with one attached hydrogen (secondary N) is 1. The Balaban J connectivity index is 2.40. The van der Waals surface area contributed by atoms with Gasteiger partial charge in [0.25, 0.3) is 0 Å². The van der Waals surface area contributed by atoms with E-state index >= 15 is 0 Å². The molecule has 1 aliphatic heterocycles. The number of amides is 1. The Morgan fingerprint density at radius 1 is 1.33 bits per heavy atom. The minimum Gasteiger partial charge on any atom is -0.354 e. The predicted octanol–water partition coefficient (Wildman–Crippen LogP) is 1.21. The molecule has 0 bridgehead atoms. The van der Waals surface area contributed by atoms with Gasteiger partial charge in [0.05, 0.1) is 6.04 Å². The molecule has 1 heterocycles. The zero-order chi connectivity index (χ0) is 13.8. The number of nitrogens with two attached hydrogens (primary N) is 1.